The van der Waals surface area contributed by atoms with E-state index in [0.717, 1.165) is 35.4 Å². The summed E-state index contributed by atoms with van der Waals surface area (Å²) in [6, 6.07) is 10.5. The van der Waals surface area contributed by atoms with Gasteiger partial charge in [-0.25, -0.2) is 0 Å². The smallest absolute Gasteiger partial charge is 0.239 e. The van der Waals surface area contributed by atoms with Crippen LogP contribution in [0.3, 0.4) is 0 Å². The summed E-state index contributed by atoms with van der Waals surface area (Å²) in [6.07, 6.45) is 5.85. The lowest BCUT2D eigenvalue weighted by Crippen LogP contribution is -2.31. The monoisotopic (exact) mass is 408 g/mol. The summed E-state index contributed by atoms with van der Waals surface area (Å²) in [5, 5.41) is 12.8. The quantitative estimate of drug-likeness (QED) is 0.729. The Hall–Kier alpha value is -2.78. The molecule has 160 valence electrons. The van der Waals surface area contributed by atoms with E-state index in [-0.39, 0.29) is 12.5 Å². The Bertz CT molecular complexity index is 918. The maximum atomic E-state index is 12.8. The summed E-state index contributed by atoms with van der Waals surface area (Å²) in [6.45, 7) is 4.93. The van der Waals surface area contributed by atoms with Gasteiger partial charge < -0.3 is 14.6 Å². The number of likely N-dealkylation sites (N-methyl/N-ethyl adjacent to an activating group) is 1. The zero-order valence-corrected chi connectivity index (χ0v) is 18.5. The van der Waals surface area contributed by atoms with Crippen molar-refractivity contribution in [2.45, 2.75) is 58.5 Å². The molecular formula is C24H32N4O2. The largest absolute Gasteiger partial charge is 0.497 e. The maximum Gasteiger partial charge on any atom is 0.239 e. The molecule has 2 aromatic rings. The molecule has 1 amide bonds. The highest BCUT2D eigenvalue weighted by Gasteiger charge is 2.26. The third kappa shape index (κ3) is 4.85. The average molecular weight is 409 g/mol. The van der Waals surface area contributed by atoms with Gasteiger partial charge in [-0.3, -0.25) is 9.69 Å². The molecule has 6 nitrogen and oxygen atoms in total. The molecule has 1 heterocycles. The van der Waals surface area contributed by atoms with E-state index in [1.54, 1.807) is 7.11 Å². The van der Waals surface area contributed by atoms with Crippen LogP contribution in [-0.4, -0.2) is 36.1 Å². The van der Waals surface area contributed by atoms with Crippen LogP contribution in [0.5, 0.6) is 5.75 Å². The van der Waals surface area contributed by atoms with Gasteiger partial charge in [-0.1, -0.05) is 31.4 Å². The van der Waals surface area contributed by atoms with E-state index in [1.165, 1.54) is 19.3 Å². The Labute approximate surface area is 179 Å². The van der Waals surface area contributed by atoms with Crippen LogP contribution in [-0.2, 0) is 11.3 Å². The predicted octanol–water partition coefficient (Wildman–Crippen LogP) is 4.56. The van der Waals surface area contributed by atoms with Gasteiger partial charge >= 0.3 is 0 Å². The van der Waals surface area contributed by atoms with Crippen LogP contribution >= 0.6 is 0 Å². The standard InChI is InChI=1S/C24H32N4O2/c1-17-18(2)28(20-8-6-5-7-9-20)24(22(17)14-25)26-23(29)16-27(3)15-19-10-12-21(30-4)13-11-19/h10-13,20H,5-9,15-16H2,1-4H3,(H,26,29). The van der Waals surface area contributed by atoms with Gasteiger partial charge in [0.25, 0.3) is 0 Å². The fourth-order valence-electron chi connectivity index (χ4n) is 4.40. The third-order valence-electron chi connectivity index (χ3n) is 6.09. The van der Waals surface area contributed by atoms with Crippen LogP contribution in [0.4, 0.5) is 5.82 Å². The topological polar surface area (TPSA) is 70.3 Å². The lowest BCUT2D eigenvalue weighted by molar-refractivity contribution is -0.117. The van der Waals surface area contributed by atoms with Gasteiger partial charge in [-0.05, 0) is 57.0 Å². The number of rotatable bonds is 7. The molecule has 1 aliphatic rings. The first-order valence-electron chi connectivity index (χ1n) is 10.7. The van der Waals surface area contributed by atoms with Gasteiger partial charge in [-0.2, -0.15) is 5.26 Å². The van der Waals surface area contributed by atoms with Crippen molar-refractivity contribution in [2.24, 2.45) is 0 Å². The van der Waals surface area contributed by atoms with Crippen LogP contribution in [0.25, 0.3) is 0 Å². The minimum Gasteiger partial charge on any atom is -0.497 e. The Morgan fingerprint density at radius 2 is 1.90 bits per heavy atom. The summed E-state index contributed by atoms with van der Waals surface area (Å²) in [5.74, 6) is 1.39. The predicted molar refractivity (Wildman–Crippen MR) is 119 cm³/mol. The van der Waals surface area contributed by atoms with E-state index in [0.29, 0.717) is 24.0 Å². The normalized spacial score (nSPS) is 14.5. The molecule has 6 heteroatoms. The van der Waals surface area contributed by atoms with Gasteiger partial charge in [0.2, 0.25) is 5.91 Å². The molecule has 1 saturated carbocycles. The van der Waals surface area contributed by atoms with E-state index in [9.17, 15) is 10.1 Å². The Morgan fingerprint density at radius 1 is 1.23 bits per heavy atom. The van der Waals surface area contributed by atoms with Crippen LogP contribution < -0.4 is 10.1 Å². The first-order valence-corrected chi connectivity index (χ1v) is 10.7. The highest BCUT2D eigenvalue weighted by atomic mass is 16.5. The summed E-state index contributed by atoms with van der Waals surface area (Å²) in [5.41, 5.74) is 3.75. The van der Waals surface area contributed by atoms with E-state index in [4.69, 9.17) is 4.74 Å². The second-order valence-electron chi connectivity index (χ2n) is 8.28. The molecule has 1 N–H and O–H groups in total. The molecule has 1 aromatic carbocycles. The van der Waals surface area contributed by atoms with Crippen LogP contribution in [0.15, 0.2) is 24.3 Å². The van der Waals surface area contributed by atoms with Gasteiger partial charge in [0.1, 0.15) is 17.6 Å². The number of aromatic nitrogens is 1. The minimum atomic E-state index is -0.0999. The van der Waals surface area contributed by atoms with Gasteiger partial charge in [0.15, 0.2) is 0 Å². The van der Waals surface area contributed by atoms with E-state index in [1.807, 2.05) is 43.1 Å². The van der Waals surface area contributed by atoms with Gasteiger partial charge in [-0.15, -0.1) is 0 Å². The Balaban J connectivity index is 1.72. The first kappa shape index (κ1) is 21.9. The molecular weight excluding hydrogens is 376 g/mol. The molecule has 1 aliphatic carbocycles. The van der Waals surface area contributed by atoms with Gasteiger partial charge in [0, 0.05) is 18.3 Å². The molecule has 1 fully saturated rings. The number of amides is 1. The van der Waals surface area contributed by atoms with Crippen molar-refractivity contribution < 1.29 is 9.53 Å². The minimum absolute atomic E-state index is 0.0999. The van der Waals surface area contributed by atoms with E-state index < -0.39 is 0 Å². The molecule has 0 atom stereocenters. The fourth-order valence-corrected chi connectivity index (χ4v) is 4.40. The molecule has 0 aliphatic heterocycles. The van der Waals surface area contributed by atoms with Crippen molar-refractivity contribution in [1.82, 2.24) is 9.47 Å². The number of methoxy groups -OCH3 is 1. The summed E-state index contributed by atoms with van der Waals surface area (Å²) >= 11 is 0. The molecule has 3 rings (SSSR count). The number of carbonyl (C=O) groups excluding carboxylic acids is 1. The van der Waals surface area contributed by atoms with Crippen molar-refractivity contribution >= 4 is 11.7 Å². The summed E-state index contributed by atoms with van der Waals surface area (Å²) < 4.78 is 7.40. The summed E-state index contributed by atoms with van der Waals surface area (Å²) in [4.78, 5) is 14.8. The number of carbonyl (C=O) groups is 1. The zero-order valence-electron chi connectivity index (χ0n) is 18.5. The molecule has 0 unspecified atom stereocenters. The number of nitrogens with one attached hydrogen (secondary N) is 1. The molecule has 30 heavy (non-hydrogen) atoms. The number of benzene rings is 1. The highest BCUT2D eigenvalue weighted by Crippen LogP contribution is 2.36. The number of anilines is 1. The third-order valence-corrected chi connectivity index (χ3v) is 6.09. The average Bonchev–Trinajstić information content (AvgIpc) is 2.98. The second-order valence-corrected chi connectivity index (χ2v) is 8.28. The number of hydrogen-bond acceptors (Lipinski definition) is 4. The Kier molecular flexibility index (Phi) is 7.17. The second kappa shape index (κ2) is 9.82. The highest BCUT2D eigenvalue weighted by molar-refractivity contribution is 5.93. The first-order chi connectivity index (χ1) is 14.4. The molecule has 0 radical (unpaired) electrons. The molecule has 1 aromatic heterocycles. The van der Waals surface area contributed by atoms with Crippen molar-refractivity contribution in [3.8, 4) is 11.8 Å². The number of hydrogen-bond donors (Lipinski definition) is 1. The fraction of sp³-hybridized carbons (Fsp3) is 0.500. The van der Waals surface area contributed by atoms with E-state index >= 15 is 0 Å². The van der Waals surface area contributed by atoms with Crippen LogP contribution in [0.2, 0.25) is 0 Å². The molecule has 0 bridgehead atoms. The van der Waals surface area contributed by atoms with Crippen molar-refractivity contribution in [1.29, 1.82) is 5.26 Å². The summed E-state index contributed by atoms with van der Waals surface area (Å²) in [7, 11) is 3.57. The molecule has 0 saturated heterocycles. The van der Waals surface area contributed by atoms with Crippen molar-refractivity contribution in [3.63, 3.8) is 0 Å². The van der Waals surface area contributed by atoms with Crippen LogP contribution in [0, 0.1) is 25.2 Å². The van der Waals surface area contributed by atoms with Gasteiger partial charge in [0.05, 0.1) is 19.2 Å². The van der Waals surface area contributed by atoms with Crippen molar-refractivity contribution in [3.05, 3.63) is 46.6 Å². The zero-order chi connectivity index (χ0) is 21.7. The lowest BCUT2D eigenvalue weighted by Gasteiger charge is -2.27. The number of ether oxygens (including phenoxy) is 1. The number of nitrogens with zero attached hydrogens (tertiary/aromatic N) is 3. The van der Waals surface area contributed by atoms with Crippen molar-refractivity contribution in [2.75, 3.05) is 26.0 Å². The maximum absolute atomic E-state index is 12.8. The van der Waals surface area contributed by atoms with E-state index in [2.05, 4.69) is 22.9 Å². The molecule has 0 spiro atoms. The Morgan fingerprint density at radius 3 is 2.50 bits per heavy atom. The van der Waals surface area contributed by atoms with Crippen LogP contribution in [0.1, 0.15) is 60.5 Å². The number of nitriles is 1. The SMILES string of the molecule is COc1ccc(CN(C)CC(=O)Nc2c(C#N)c(C)c(C)n2C2CCCCC2)cc1. The lowest BCUT2D eigenvalue weighted by atomic mass is 9.95.